The molecule has 0 unspecified atom stereocenters. The summed E-state index contributed by atoms with van der Waals surface area (Å²) < 4.78 is 16.2. The summed E-state index contributed by atoms with van der Waals surface area (Å²) in [6.07, 6.45) is 1.32. The molecule has 3 N–H and O–H groups in total. The summed E-state index contributed by atoms with van der Waals surface area (Å²) in [5.74, 6) is -0.587. The summed E-state index contributed by atoms with van der Waals surface area (Å²) in [7, 11) is 0. The first-order valence-corrected chi connectivity index (χ1v) is 11.5. The first-order chi connectivity index (χ1) is 17.9. The first-order valence-electron chi connectivity index (χ1n) is 11.2. The van der Waals surface area contributed by atoms with Crippen LogP contribution in [-0.4, -0.2) is 37.3 Å². The number of carbonyl (C=O) groups is 3. The third-order valence-electron chi connectivity index (χ3n) is 5.22. The van der Waals surface area contributed by atoms with Gasteiger partial charge >= 0.3 is 11.8 Å². The zero-order chi connectivity index (χ0) is 26.2. The summed E-state index contributed by atoms with van der Waals surface area (Å²) in [4.78, 5) is 36.5. The van der Waals surface area contributed by atoms with Crippen molar-refractivity contribution < 1.29 is 28.6 Å². The topological polar surface area (TPSA) is 127 Å². The normalized spacial score (nSPS) is 11.7. The van der Waals surface area contributed by atoms with Crippen molar-refractivity contribution >= 4 is 41.2 Å². The number of fused-ring (bicyclic) bond motifs is 1. The van der Waals surface area contributed by atoms with E-state index in [0.717, 1.165) is 11.1 Å². The van der Waals surface area contributed by atoms with E-state index in [9.17, 15) is 14.4 Å². The predicted octanol–water partition coefficient (Wildman–Crippen LogP) is 3.16. The van der Waals surface area contributed by atoms with Crippen molar-refractivity contribution in [3.63, 3.8) is 0 Å². The maximum Gasteiger partial charge on any atom is 0.329 e. The Kier molecular flexibility index (Phi) is 8.22. The lowest BCUT2D eigenvalue weighted by Gasteiger charge is -2.11. The number of anilines is 1. The lowest BCUT2D eigenvalue weighted by Crippen LogP contribution is -2.37. The van der Waals surface area contributed by atoms with Gasteiger partial charge in [-0.05, 0) is 54.4 Å². The second-order valence-corrected chi connectivity index (χ2v) is 8.34. The molecule has 1 aliphatic heterocycles. The number of hydrogen-bond acceptors (Lipinski definition) is 7. The minimum atomic E-state index is -0.938. The zero-order valence-corrected chi connectivity index (χ0v) is 20.5. The highest BCUT2D eigenvalue weighted by Gasteiger charge is 2.16. The number of halogens is 1. The number of hydrazone groups is 1. The zero-order valence-electron chi connectivity index (χ0n) is 19.7. The molecule has 190 valence electrons. The van der Waals surface area contributed by atoms with Crippen molar-refractivity contribution in [2.45, 2.75) is 13.5 Å². The Morgan fingerprint density at radius 2 is 1.84 bits per heavy atom. The molecule has 0 bridgehead atoms. The monoisotopic (exact) mass is 522 g/mol. The van der Waals surface area contributed by atoms with Gasteiger partial charge in [0.25, 0.3) is 5.91 Å². The second kappa shape index (κ2) is 11.9. The molecule has 1 aliphatic rings. The molecular formula is C26H23ClN4O6. The Hall–Kier alpha value is -4.57. The van der Waals surface area contributed by atoms with Gasteiger partial charge in [0.2, 0.25) is 6.79 Å². The van der Waals surface area contributed by atoms with E-state index >= 15 is 0 Å². The third-order valence-corrected chi connectivity index (χ3v) is 5.45. The Bertz CT molecular complexity index is 1360. The summed E-state index contributed by atoms with van der Waals surface area (Å²) in [5, 5.41) is 9.59. The van der Waals surface area contributed by atoms with E-state index in [2.05, 4.69) is 21.2 Å². The van der Waals surface area contributed by atoms with E-state index in [1.54, 1.807) is 60.7 Å². The number of aryl methyl sites for hydroxylation is 1. The Morgan fingerprint density at radius 3 is 2.70 bits per heavy atom. The smallest absolute Gasteiger partial charge is 0.329 e. The van der Waals surface area contributed by atoms with Crippen LogP contribution in [0.5, 0.6) is 17.2 Å². The van der Waals surface area contributed by atoms with Crippen molar-refractivity contribution in [3.05, 3.63) is 82.4 Å². The molecule has 11 heteroatoms. The molecule has 37 heavy (non-hydrogen) atoms. The van der Waals surface area contributed by atoms with Crippen LogP contribution in [0, 0.1) is 6.92 Å². The van der Waals surface area contributed by atoms with Crippen LogP contribution >= 0.6 is 11.6 Å². The summed E-state index contributed by atoms with van der Waals surface area (Å²) in [6, 6.07) is 17.2. The molecular weight excluding hydrogens is 500 g/mol. The van der Waals surface area contributed by atoms with Crippen LogP contribution in [0.25, 0.3) is 0 Å². The molecule has 0 saturated carbocycles. The number of hydrogen-bond donors (Lipinski definition) is 3. The van der Waals surface area contributed by atoms with Crippen LogP contribution in [0.2, 0.25) is 5.02 Å². The number of benzene rings is 3. The van der Waals surface area contributed by atoms with Crippen LogP contribution in [0.3, 0.4) is 0 Å². The predicted molar refractivity (Wildman–Crippen MR) is 137 cm³/mol. The minimum absolute atomic E-state index is 0.125. The number of nitrogens with one attached hydrogen (secondary N) is 3. The summed E-state index contributed by atoms with van der Waals surface area (Å²) >= 11 is 5.99. The SMILES string of the molecule is Cc1ccc(Cl)cc1NC(=O)COc1ccccc1/C=N\NC(=O)C(=O)NCc1ccc2c(c1)OCO2. The number of carbonyl (C=O) groups excluding carboxylic acids is 3. The highest BCUT2D eigenvalue weighted by molar-refractivity contribution is 6.35. The lowest BCUT2D eigenvalue weighted by molar-refractivity contribution is -0.139. The van der Waals surface area contributed by atoms with E-state index in [1.165, 1.54) is 6.21 Å². The molecule has 3 aromatic rings. The fourth-order valence-electron chi connectivity index (χ4n) is 3.30. The van der Waals surface area contributed by atoms with Gasteiger partial charge in [0.15, 0.2) is 18.1 Å². The Labute approximate surface area is 217 Å². The molecule has 1 heterocycles. The quantitative estimate of drug-likeness (QED) is 0.237. The van der Waals surface area contributed by atoms with Crippen LogP contribution in [0.4, 0.5) is 5.69 Å². The van der Waals surface area contributed by atoms with E-state index in [4.69, 9.17) is 25.8 Å². The van der Waals surface area contributed by atoms with Gasteiger partial charge in [-0.3, -0.25) is 14.4 Å². The van der Waals surface area contributed by atoms with Gasteiger partial charge in [-0.2, -0.15) is 5.10 Å². The molecule has 0 aliphatic carbocycles. The highest BCUT2D eigenvalue weighted by Crippen LogP contribution is 2.32. The Morgan fingerprint density at radius 1 is 1.03 bits per heavy atom. The van der Waals surface area contributed by atoms with Crippen LogP contribution in [0.1, 0.15) is 16.7 Å². The summed E-state index contributed by atoms with van der Waals surface area (Å²) in [5.41, 5.74) is 4.87. The van der Waals surface area contributed by atoms with Gasteiger partial charge in [-0.25, -0.2) is 5.43 Å². The van der Waals surface area contributed by atoms with E-state index in [1.807, 2.05) is 6.92 Å². The molecule has 0 radical (unpaired) electrons. The van der Waals surface area contributed by atoms with Gasteiger partial charge in [0.05, 0.1) is 6.21 Å². The molecule has 10 nitrogen and oxygen atoms in total. The molecule has 4 rings (SSSR count). The van der Waals surface area contributed by atoms with Crippen LogP contribution in [-0.2, 0) is 20.9 Å². The van der Waals surface area contributed by atoms with Crippen molar-refractivity contribution in [2.75, 3.05) is 18.7 Å². The Balaban J connectivity index is 1.26. The number of para-hydroxylation sites is 1. The standard InChI is InChI=1S/C26H23ClN4O6/c1-16-6-8-19(27)11-20(16)30-24(32)14-35-21-5-3-2-4-18(21)13-29-31-26(34)25(33)28-12-17-7-9-22-23(10-17)37-15-36-22/h2-11,13H,12,14-15H2,1H3,(H,28,33)(H,30,32)(H,31,34)/b29-13-. The average Bonchev–Trinajstić information content (AvgIpc) is 3.37. The highest BCUT2D eigenvalue weighted by atomic mass is 35.5. The first kappa shape index (κ1) is 25.5. The van der Waals surface area contributed by atoms with Crippen LogP contribution < -0.4 is 30.3 Å². The van der Waals surface area contributed by atoms with Crippen molar-refractivity contribution in [2.24, 2.45) is 5.10 Å². The average molecular weight is 523 g/mol. The number of rotatable bonds is 8. The minimum Gasteiger partial charge on any atom is -0.483 e. The van der Waals surface area contributed by atoms with Crippen LogP contribution in [0.15, 0.2) is 65.8 Å². The molecule has 0 saturated heterocycles. The third kappa shape index (κ3) is 6.98. The van der Waals surface area contributed by atoms with Gasteiger partial charge in [0, 0.05) is 22.8 Å². The molecule has 0 aromatic heterocycles. The second-order valence-electron chi connectivity index (χ2n) is 7.90. The van der Waals surface area contributed by atoms with Crippen molar-refractivity contribution in [1.29, 1.82) is 0 Å². The van der Waals surface area contributed by atoms with E-state index in [0.29, 0.717) is 33.5 Å². The van der Waals surface area contributed by atoms with Crippen molar-refractivity contribution in [3.8, 4) is 17.2 Å². The number of amides is 3. The maximum atomic E-state index is 12.3. The largest absolute Gasteiger partial charge is 0.483 e. The van der Waals surface area contributed by atoms with Gasteiger partial charge in [-0.15, -0.1) is 0 Å². The number of nitrogens with zero attached hydrogens (tertiary/aromatic N) is 1. The molecule has 0 spiro atoms. The fourth-order valence-corrected chi connectivity index (χ4v) is 3.47. The van der Waals surface area contributed by atoms with Gasteiger partial charge in [0.1, 0.15) is 5.75 Å². The van der Waals surface area contributed by atoms with E-state index in [-0.39, 0.29) is 25.9 Å². The molecule has 0 fully saturated rings. The van der Waals surface area contributed by atoms with Gasteiger partial charge in [-0.1, -0.05) is 35.9 Å². The van der Waals surface area contributed by atoms with Crippen molar-refractivity contribution in [1.82, 2.24) is 10.7 Å². The molecule has 3 aromatic carbocycles. The van der Waals surface area contributed by atoms with Gasteiger partial charge < -0.3 is 24.8 Å². The maximum absolute atomic E-state index is 12.3. The lowest BCUT2D eigenvalue weighted by atomic mass is 10.2. The molecule has 3 amide bonds. The van der Waals surface area contributed by atoms with E-state index < -0.39 is 11.8 Å². The summed E-state index contributed by atoms with van der Waals surface area (Å²) in [6.45, 7) is 1.87. The molecule has 0 atom stereocenters. The number of ether oxygens (including phenoxy) is 3. The fraction of sp³-hybridized carbons (Fsp3) is 0.154.